The number of fused-ring (bicyclic) bond motifs is 4. The number of benzene rings is 1. The Labute approximate surface area is 530 Å². The molecule has 1 aromatic carbocycles. The Bertz CT molecular complexity index is 2790. The molecule has 10 N–H and O–H groups in total. The number of hydrogen-bond acceptors (Lipinski definition) is 32. The fourth-order valence-electron chi connectivity index (χ4n) is 13.7. The summed E-state index contributed by atoms with van der Waals surface area (Å²) in [5.41, 5.74) is -3.86. The first kappa shape index (κ1) is 69.4. The van der Waals surface area contributed by atoms with E-state index in [1.807, 2.05) is 0 Å². The van der Waals surface area contributed by atoms with Crippen molar-refractivity contribution < 1.29 is 155 Å². The minimum Gasteiger partial charge on any atom is -0.505 e. The van der Waals surface area contributed by atoms with Crippen molar-refractivity contribution in [1.29, 1.82) is 0 Å². The molecule has 91 heavy (non-hydrogen) atoms. The molecule has 0 aromatic heterocycles. The molecule has 10 saturated heterocycles. The molecule has 2 spiro atoms. The fraction of sp³-hybridized carbons (Fsp3) is 0.842. The summed E-state index contributed by atoms with van der Waals surface area (Å²) in [6.07, 6.45) is -37.7. The summed E-state index contributed by atoms with van der Waals surface area (Å²) in [7, 11) is 0. The predicted octanol–water partition coefficient (Wildman–Crippen LogP) is -1.21. The number of carbonyl (C=O) groups excluding carboxylic acids is 3. The lowest BCUT2D eigenvalue weighted by atomic mass is 9.81. The van der Waals surface area contributed by atoms with Crippen LogP contribution in [0.5, 0.6) is 11.5 Å². The van der Waals surface area contributed by atoms with Crippen LogP contribution in [0.15, 0.2) is 0 Å². The Morgan fingerprint density at radius 2 is 1.32 bits per heavy atom. The molecule has 31 atom stereocenters. The van der Waals surface area contributed by atoms with Crippen LogP contribution in [-0.2, 0) is 99.6 Å². The molecule has 32 nitrogen and oxygen atoms in total. The third-order valence-electron chi connectivity index (χ3n) is 18.6. The first-order valence-electron chi connectivity index (χ1n) is 30.2. The van der Waals surface area contributed by atoms with Crippen LogP contribution >= 0.6 is 23.2 Å². The summed E-state index contributed by atoms with van der Waals surface area (Å²) < 4.78 is 116. The first-order valence-corrected chi connectivity index (χ1v) is 30.9. The normalized spacial score (nSPS) is 48.9. The molecular weight excluding hydrogens is 1270 g/mol. The smallest absolute Gasteiger partial charge is 0.342 e. The van der Waals surface area contributed by atoms with E-state index < -0.39 is 241 Å². The molecule has 0 aliphatic carbocycles. The van der Waals surface area contributed by atoms with Gasteiger partial charge in [-0.15, -0.1) is 0 Å². The maximum Gasteiger partial charge on any atom is 0.342 e. The van der Waals surface area contributed by atoms with Crippen molar-refractivity contribution in [3.05, 3.63) is 21.2 Å². The van der Waals surface area contributed by atoms with Crippen LogP contribution < -0.4 is 0 Å². The predicted molar refractivity (Wildman–Crippen MR) is 293 cm³/mol. The van der Waals surface area contributed by atoms with Crippen molar-refractivity contribution in [2.45, 2.75) is 277 Å². The highest BCUT2D eigenvalue weighted by Crippen LogP contribution is 2.53. The van der Waals surface area contributed by atoms with Crippen molar-refractivity contribution in [3.8, 4) is 11.5 Å². The van der Waals surface area contributed by atoms with Crippen molar-refractivity contribution >= 4 is 40.9 Å². The quantitative estimate of drug-likeness (QED) is 0.0977. The average Bonchev–Trinajstić information content (AvgIpc) is 1.59. The molecule has 0 bridgehead atoms. The molecule has 10 fully saturated rings. The lowest BCUT2D eigenvalue weighted by Crippen LogP contribution is -2.72. The monoisotopic (exact) mass is 1350 g/mol. The molecule has 0 amide bonds. The van der Waals surface area contributed by atoms with E-state index in [0.29, 0.717) is 0 Å². The van der Waals surface area contributed by atoms with Crippen molar-refractivity contribution in [2.24, 2.45) is 5.92 Å². The molecule has 1 aromatic rings. The highest BCUT2D eigenvalue weighted by Gasteiger charge is 2.73. The summed E-state index contributed by atoms with van der Waals surface area (Å²) >= 11 is 12.1. The van der Waals surface area contributed by atoms with Gasteiger partial charge in [0.1, 0.15) is 96.2 Å². The van der Waals surface area contributed by atoms with E-state index in [4.69, 9.17) is 113 Å². The third-order valence-corrected chi connectivity index (χ3v) is 19.4. The maximum absolute atomic E-state index is 13.3. The third kappa shape index (κ3) is 12.4. The Balaban J connectivity index is 0.701. The fourth-order valence-corrected chi connectivity index (χ4v) is 14.1. The molecule has 0 saturated carbocycles. The van der Waals surface area contributed by atoms with Gasteiger partial charge >= 0.3 is 17.9 Å². The molecular formula is C57H80Cl2O32. The molecule has 10 aliphatic heterocycles. The highest BCUT2D eigenvalue weighted by molar-refractivity contribution is 6.39. The standard InChI is InChI=1S/C57H80Cl2O32/c1-17(2)49(70)83-45-43-28(88-57(89-43)48-47(74-16-75-48)56(72,23(8)61)24(9)87-57)15-73-53(45)85-51-38(68)37(67)42(27(14-60)79-51)84-52-39(69)44(34(64)19(4)78-52)81-30-13-54(10)46(22(7)77-30)90-55(91-54)12-26(63)41(21(6)86-55)80-29-11-25(62)40(20(5)76-29)82-50(71)31-18(3)32(58)36(66)33(59)35(31)65/h17,19-22,24-30,34,37-48,51-53,60,62-69,72H,11-16H2,1-10H3/t19-,20-,21-,22-,24-,25-,26-,27-,28+,29+,30+,34+,37-,38+,39-,40-,41-,42-,43-,44+,45-,46-,47-,48-,51+,52+,53-,54-,55?,56+,57-/m1/s1. The van der Waals surface area contributed by atoms with Gasteiger partial charge in [0, 0.05) is 12.8 Å². The minimum absolute atomic E-state index is 0.0182. The summed E-state index contributed by atoms with van der Waals surface area (Å²) in [5.74, 6) is -8.57. The number of ketones is 1. The van der Waals surface area contributed by atoms with Gasteiger partial charge in [0.15, 0.2) is 66.4 Å². The summed E-state index contributed by atoms with van der Waals surface area (Å²) in [6.45, 7) is 13.5. The van der Waals surface area contributed by atoms with Crippen molar-refractivity contribution in [1.82, 2.24) is 0 Å². The van der Waals surface area contributed by atoms with E-state index in [0.717, 1.165) is 0 Å². The molecule has 10 aliphatic rings. The van der Waals surface area contributed by atoms with Crippen LogP contribution in [0, 0.1) is 12.8 Å². The largest absolute Gasteiger partial charge is 0.505 e. The lowest BCUT2D eigenvalue weighted by Gasteiger charge is -2.49. The van der Waals surface area contributed by atoms with Gasteiger partial charge in [-0.25, -0.2) is 4.79 Å². The van der Waals surface area contributed by atoms with Crippen LogP contribution in [0.1, 0.15) is 97.5 Å². The van der Waals surface area contributed by atoms with Gasteiger partial charge in [0.25, 0.3) is 5.97 Å². The number of aliphatic hydroxyl groups is 8. The second-order valence-corrected chi connectivity index (χ2v) is 26.1. The zero-order valence-corrected chi connectivity index (χ0v) is 52.6. The maximum atomic E-state index is 13.3. The number of hydrogen-bond donors (Lipinski definition) is 10. The number of halogens is 2. The van der Waals surface area contributed by atoms with Gasteiger partial charge in [-0.05, 0) is 61.0 Å². The number of rotatable bonds is 14. The zero-order valence-electron chi connectivity index (χ0n) is 51.1. The molecule has 0 radical (unpaired) electrons. The molecule has 10 heterocycles. The molecule has 11 rings (SSSR count). The van der Waals surface area contributed by atoms with Crippen molar-refractivity contribution in [2.75, 3.05) is 20.0 Å². The molecule has 34 heteroatoms. The Kier molecular flexibility index (Phi) is 19.9. The number of aromatic hydroxyl groups is 2. The van der Waals surface area contributed by atoms with E-state index in [1.165, 1.54) is 34.6 Å². The molecule has 1 unspecified atom stereocenters. The van der Waals surface area contributed by atoms with Crippen LogP contribution in [0.2, 0.25) is 10.0 Å². The number of carbonyl (C=O) groups is 3. The van der Waals surface area contributed by atoms with E-state index >= 15 is 0 Å². The number of aliphatic hydroxyl groups excluding tert-OH is 7. The van der Waals surface area contributed by atoms with Crippen LogP contribution in [0.25, 0.3) is 0 Å². The van der Waals surface area contributed by atoms with E-state index in [9.17, 15) is 65.4 Å². The number of esters is 2. The first-order chi connectivity index (χ1) is 42.7. The van der Waals surface area contributed by atoms with E-state index in [1.54, 1.807) is 34.6 Å². The Morgan fingerprint density at radius 1 is 0.637 bits per heavy atom. The topological polar surface area (TPSA) is 429 Å². The molecule has 514 valence electrons. The second kappa shape index (κ2) is 26.1. The highest BCUT2D eigenvalue weighted by atomic mass is 35.5. The Morgan fingerprint density at radius 3 is 1.99 bits per heavy atom. The van der Waals surface area contributed by atoms with Crippen LogP contribution in [0.4, 0.5) is 0 Å². The van der Waals surface area contributed by atoms with Gasteiger partial charge < -0.3 is 141 Å². The SMILES string of the molecule is CC(=O)[C@@]1(O)[C@@H]2OCO[C@H]2[C@@]2(O[C@H]3[C@@H](OC(=O)C(C)C)[C@@H](O[C@@H]4O[C@H](CO)[C@@H](O[C@@H]5O[C@H](C)[C@H](O)[C@H](O[C@H]6C[C@@]7(C)OC8(C[C@@H](O)[C@H](O[C@H]9C[C@@H](O)[C@H](OC(=O)c%10c(C)c(Cl)c(O)c(Cl)c%10O)[C@@H](C)O9)[C@@H](C)O8)O[C@@H]7[C@@H](C)O6)[C@H]5O)[C@H](O)[C@@H]4O)OC[C@@H]3O2)O[C@@H]1C. The number of Topliss-reactive ketones (excluding diaryl/α,β-unsaturated/α-hetero) is 1. The van der Waals surface area contributed by atoms with Gasteiger partial charge in [-0.3, -0.25) is 9.59 Å². The minimum atomic E-state index is -2.16. The van der Waals surface area contributed by atoms with E-state index in [2.05, 4.69) is 0 Å². The zero-order chi connectivity index (χ0) is 66.0. The van der Waals surface area contributed by atoms with Crippen LogP contribution in [0.3, 0.4) is 0 Å². The van der Waals surface area contributed by atoms with Gasteiger partial charge in [-0.1, -0.05) is 37.0 Å². The number of ether oxygens (including phenoxy) is 19. The summed E-state index contributed by atoms with van der Waals surface area (Å²) in [5, 5.41) is 112. The van der Waals surface area contributed by atoms with Gasteiger partial charge in [-0.2, -0.15) is 0 Å². The van der Waals surface area contributed by atoms with Gasteiger partial charge in [0.2, 0.25) is 6.29 Å². The Hall–Kier alpha value is -2.99. The van der Waals surface area contributed by atoms with Crippen LogP contribution in [-0.4, -0.2) is 278 Å². The lowest BCUT2D eigenvalue weighted by molar-refractivity contribution is -0.428. The van der Waals surface area contributed by atoms with Crippen molar-refractivity contribution in [3.63, 3.8) is 0 Å². The second-order valence-electron chi connectivity index (χ2n) is 25.3. The number of phenolic OH excluding ortho intramolecular Hbond substituents is 2. The van der Waals surface area contributed by atoms with Gasteiger partial charge in [0.05, 0.1) is 73.3 Å². The number of phenols is 2. The average molecular weight is 1350 g/mol. The summed E-state index contributed by atoms with van der Waals surface area (Å²) in [6, 6.07) is 0. The summed E-state index contributed by atoms with van der Waals surface area (Å²) in [4.78, 5) is 39.3. The van der Waals surface area contributed by atoms with E-state index in [-0.39, 0.29) is 43.2 Å².